The topological polar surface area (TPSA) is 52.8 Å². The van der Waals surface area contributed by atoms with Crippen molar-refractivity contribution in [3.05, 3.63) is 58.7 Å². The number of nitrogens with zero attached hydrogens (tertiary/aromatic N) is 2. The van der Waals surface area contributed by atoms with Crippen LogP contribution in [0.15, 0.2) is 57.5 Å². The Morgan fingerprint density at radius 2 is 2.10 bits per heavy atom. The van der Waals surface area contributed by atoms with Crippen LogP contribution in [0.1, 0.15) is 30.4 Å². The lowest BCUT2D eigenvalue weighted by Crippen LogP contribution is -2.49. The molecule has 2 aromatic rings. The second-order valence-electron chi connectivity index (χ2n) is 7.47. The molecule has 0 amide bonds. The fraction of sp³-hybridized carbons (Fsp3) is 0.500. The van der Waals surface area contributed by atoms with Gasteiger partial charge in [-0.3, -0.25) is 9.89 Å². The molecule has 1 saturated heterocycles. The first-order valence-electron chi connectivity index (χ1n) is 10.2. The quantitative estimate of drug-likeness (QED) is 0.220. The maximum Gasteiger partial charge on any atom is 0.191 e. The van der Waals surface area contributed by atoms with Gasteiger partial charge in [0.2, 0.25) is 0 Å². The van der Waals surface area contributed by atoms with Crippen LogP contribution in [0.5, 0.6) is 0 Å². The van der Waals surface area contributed by atoms with Gasteiger partial charge in [0, 0.05) is 56.5 Å². The van der Waals surface area contributed by atoms with E-state index in [0.29, 0.717) is 6.04 Å². The molecule has 3 rings (SSSR count). The van der Waals surface area contributed by atoms with Gasteiger partial charge in [-0.05, 0) is 43.3 Å². The lowest BCUT2D eigenvalue weighted by atomic mass is 10.0. The van der Waals surface area contributed by atoms with E-state index >= 15 is 0 Å². The number of guanidine groups is 1. The van der Waals surface area contributed by atoms with Crippen molar-refractivity contribution in [3.63, 3.8) is 0 Å². The van der Waals surface area contributed by atoms with Gasteiger partial charge in [-0.1, -0.05) is 18.2 Å². The summed E-state index contributed by atoms with van der Waals surface area (Å²) in [5, 5.41) is 9.26. The first-order chi connectivity index (χ1) is 13.7. The molecule has 0 unspecified atom stereocenters. The molecular formula is C22H33IN4OS. The first kappa shape index (κ1) is 24.0. The van der Waals surface area contributed by atoms with Gasteiger partial charge in [0.25, 0.3) is 0 Å². The molecule has 2 aromatic heterocycles. The summed E-state index contributed by atoms with van der Waals surface area (Å²) >= 11 is 1.80. The molecule has 1 fully saturated rings. The van der Waals surface area contributed by atoms with Gasteiger partial charge in [0.1, 0.15) is 5.76 Å². The summed E-state index contributed by atoms with van der Waals surface area (Å²) in [6.45, 7) is 11.0. The maximum absolute atomic E-state index is 5.43. The zero-order chi connectivity index (χ0) is 19.6. The predicted molar refractivity (Wildman–Crippen MR) is 134 cm³/mol. The normalized spacial score (nSPS) is 15.7. The van der Waals surface area contributed by atoms with E-state index in [-0.39, 0.29) is 24.0 Å². The molecule has 1 aliphatic rings. The third kappa shape index (κ3) is 8.92. The number of rotatable bonds is 9. The Labute approximate surface area is 195 Å². The highest BCUT2D eigenvalue weighted by Crippen LogP contribution is 2.12. The van der Waals surface area contributed by atoms with Gasteiger partial charge in [-0.15, -0.1) is 35.3 Å². The third-order valence-electron chi connectivity index (χ3n) is 4.87. The molecule has 0 bridgehead atoms. The Kier molecular flexibility index (Phi) is 10.8. The van der Waals surface area contributed by atoms with E-state index < -0.39 is 0 Å². The highest BCUT2D eigenvalue weighted by molar-refractivity contribution is 14.0. The van der Waals surface area contributed by atoms with Crippen LogP contribution in [0, 0.1) is 0 Å². The average molecular weight is 529 g/mol. The summed E-state index contributed by atoms with van der Waals surface area (Å²) < 4.78 is 5.43. The minimum Gasteiger partial charge on any atom is -0.469 e. The fourth-order valence-corrected chi connectivity index (χ4v) is 4.15. The summed E-state index contributed by atoms with van der Waals surface area (Å²) in [5.74, 6) is 1.92. The van der Waals surface area contributed by atoms with Crippen LogP contribution >= 0.6 is 35.3 Å². The van der Waals surface area contributed by atoms with Crippen LogP contribution < -0.4 is 10.6 Å². The third-order valence-corrected chi connectivity index (χ3v) is 5.81. The van der Waals surface area contributed by atoms with E-state index in [2.05, 4.69) is 46.5 Å². The number of hydrogen-bond acceptors (Lipinski definition) is 4. The highest BCUT2D eigenvalue weighted by atomic mass is 127. The van der Waals surface area contributed by atoms with Gasteiger partial charge in [-0.2, -0.15) is 0 Å². The van der Waals surface area contributed by atoms with Crippen molar-refractivity contribution in [1.82, 2.24) is 15.5 Å². The average Bonchev–Trinajstić information content (AvgIpc) is 3.37. The van der Waals surface area contributed by atoms with E-state index in [0.717, 1.165) is 70.1 Å². The van der Waals surface area contributed by atoms with E-state index in [1.165, 1.54) is 10.5 Å². The van der Waals surface area contributed by atoms with Crippen molar-refractivity contribution in [1.29, 1.82) is 0 Å². The Balaban J connectivity index is 0.00000300. The van der Waals surface area contributed by atoms with Crippen LogP contribution in [-0.4, -0.2) is 49.6 Å². The number of thiophene rings is 1. The number of halogens is 1. The molecule has 160 valence electrons. The number of hydrogen-bond donors (Lipinski definition) is 2. The summed E-state index contributed by atoms with van der Waals surface area (Å²) in [6, 6.07) is 8.69. The lowest BCUT2D eigenvalue weighted by molar-refractivity contribution is 0.221. The van der Waals surface area contributed by atoms with Gasteiger partial charge in [-0.25, -0.2) is 0 Å². The minimum absolute atomic E-state index is 0. The number of likely N-dealkylation sites (tertiary alicyclic amines) is 1. The van der Waals surface area contributed by atoms with E-state index in [9.17, 15) is 0 Å². The van der Waals surface area contributed by atoms with Crippen molar-refractivity contribution in [2.45, 2.75) is 38.6 Å². The minimum atomic E-state index is 0. The summed E-state index contributed by atoms with van der Waals surface area (Å²) in [4.78, 5) is 8.69. The molecule has 0 aromatic carbocycles. The van der Waals surface area contributed by atoms with Gasteiger partial charge in [0.05, 0.1) is 6.26 Å². The van der Waals surface area contributed by atoms with E-state index in [1.54, 1.807) is 17.6 Å². The monoisotopic (exact) mass is 528 g/mol. The maximum atomic E-state index is 5.43. The van der Waals surface area contributed by atoms with Crippen LogP contribution in [0.3, 0.4) is 0 Å². The summed E-state index contributed by atoms with van der Waals surface area (Å²) in [5.41, 5.74) is 1.24. The molecule has 0 saturated carbocycles. The summed E-state index contributed by atoms with van der Waals surface area (Å²) in [7, 11) is 0. The molecule has 0 radical (unpaired) electrons. The molecule has 7 heteroatoms. The standard InChI is InChI=1S/C22H32N4OS.HI/c1-18(2)17-26-13-9-19(10-14-26)25-22(23-11-7-20-5-3-15-27-20)24-12-8-21-6-4-16-28-21;/h3-6,15-16,19H,1,7-14,17H2,2H3,(H2,23,24,25);1H. The molecule has 2 N–H and O–H groups in total. The SMILES string of the molecule is C=C(C)CN1CCC(NC(=NCCc2cccs2)NCCc2ccco2)CC1.I. The first-order valence-corrected chi connectivity index (χ1v) is 11.0. The number of nitrogens with one attached hydrogen (secondary N) is 2. The lowest BCUT2D eigenvalue weighted by Gasteiger charge is -2.33. The molecule has 0 atom stereocenters. The Hall–Kier alpha value is -1.32. The number of aliphatic imine (C=N–C) groups is 1. The van der Waals surface area contributed by atoms with Crippen LogP contribution in [-0.2, 0) is 12.8 Å². The number of piperidine rings is 1. The Bertz CT molecular complexity index is 722. The van der Waals surface area contributed by atoms with Gasteiger partial charge in [0.15, 0.2) is 5.96 Å². The van der Waals surface area contributed by atoms with Crippen molar-refractivity contribution in [3.8, 4) is 0 Å². The van der Waals surface area contributed by atoms with Crippen molar-refractivity contribution >= 4 is 41.3 Å². The zero-order valence-corrected chi connectivity index (χ0v) is 20.4. The van der Waals surface area contributed by atoms with Crippen LogP contribution in [0.25, 0.3) is 0 Å². The highest BCUT2D eigenvalue weighted by Gasteiger charge is 2.19. The smallest absolute Gasteiger partial charge is 0.191 e. The molecule has 0 spiro atoms. The predicted octanol–water partition coefficient (Wildman–Crippen LogP) is 4.32. The second-order valence-corrected chi connectivity index (χ2v) is 8.50. The molecule has 29 heavy (non-hydrogen) atoms. The molecule has 3 heterocycles. The Morgan fingerprint density at radius 3 is 2.76 bits per heavy atom. The summed E-state index contributed by atoms with van der Waals surface area (Å²) in [6.07, 6.45) is 5.84. The molecule has 0 aliphatic carbocycles. The zero-order valence-electron chi connectivity index (χ0n) is 17.2. The molecule has 1 aliphatic heterocycles. The number of furan rings is 1. The van der Waals surface area contributed by atoms with Crippen molar-refractivity contribution < 1.29 is 4.42 Å². The molecular weight excluding hydrogens is 495 g/mol. The van der Waals surface area contributed by atoms with E-state index in [4.69, 9.17) is 9.41 Å². The van der Waals surface area contributed by atoms with Gasteiger partial charge < -0.3 is 15.1 Å². The van der Waals surface area contributed by atoms with Gasteiger partial charge >= 0.3 is 0 Å². The van der Waals surface area contributed by atoms with Crippen molar-refractivity contribution in [2.75, 3.05) is 32.7 Å². The largest absolute Gasteiger partial charge is 0.469 e. The van der Waals surface area contributed by atoms with Crippen LogP contribution in [0.4, 0.5) is 0 Å². The fourth-order valence-electron chi connectivity index (χ4n) is 3.45. The van der Waals surface area contributed by atoms with Crippen molar-refractivity contribution in [2.24, 2.45) is 4.99 Å². The molecule has 5 nitrogen and oxygen atoms in total. The van der Waals surface area contributed by atoms with E-state index in [1.807, 2.05) is 12.1 Å². The second kappa shape index (κ2) is 13.1. The Morgan fingerprint density at radius 1 is 1.28 bits per heavy atom. The van der Waals surface area contributed by atoms with Crippen LogP contribution in [0.2, 0.25) is 0 Å².